The van der Waals surface area contributed by atoms with Crippen molar-refractivity contribution < 1.29 is 28.7 Å². The Kier molecular flexibility index (Phi) is 6.41. The highest BCUT2D eigenvalue weighted by Gasteiger charge is 2.40. The zero-order valence-corrected chi connectivity index (χ0v) is 19.3. The molecule has 7 nitrogen and oxygen atoms in total. The second-order valence-electron chi connectivity index (χ2n) is 8.64. The highest BCUT2D eigenvalue weighted by molar-refractivity contribution is 6.30. The van der Waals surface area contributed by atoms with E-state index in [1.165, 1.54) is 9.80 Å². The molecule has 0 spiro atoms. The molecule has 8 heteroatoms. The molecule has 1 fully saturated rings. The van der Waals surface area contributed by atoms with Crippen LogP contribution in [0.3, 0.4) is 0 Å². The van der Waals surface area contributed by atoms with E-state index in [2.05, 4.69) is 0 Å². The number of carbonyl (C=O) groups is 2. The van der Waals surface area contributed by atoms with Crippen LogP contribution in [0.4, 0.5) is 0 Å². The lowest BCUT2D eigenvalue weighted by molar-refractivity contribution is -0.908. The fourth-order valence-electron chi connectivity index (χ4n) is 4.76. The van der Waals surface area contributed by atoms with Crippen molar-refractivity contribution in [3.63, 3.8) is 0 Å². The van der Waals surface area contributed by atoms with Gasteiger partial charge in [-0.1, -0.05) is 41.9 Å². The van der Waals surface area contributed by atoms with Gasteiger partial charge in [-0.2, -0.15) is 0 Å². The van der Waals surface area contributed by atoms with Crippen molar-refractivity contribution in [2.24, 2.45) is 0 Å². The van der Waals surface area contributed by atoms with Crippen LogP contribution in [0, 0.1) is 0 Å². The number of quaternary nitrogens is 1. The summed E-state index contributed by atoms with van der Waals surface area (Å²) >= 11 is 6.23. The first-order chi connectivity index (χ1) is 16.5. The third kappa shape index (κ3) is 4.34. The number of amides is 1. The predicted molar refractivity (Wildman–Crippen MR) is 124 cm³/mol. The Balaban J connectivity index is 1.45. The average Bonchev–Trinajstić information content (AvgIpc) is 3.39. The largest absolute Gasteiger partial charge is 0.868 e. The Morgan fingerprint density at radius 2 is 1.91 bits per heavy atom. The normalized spacial score (nSPS) is 19.4. The number of para-hydroxylation sites is 1. The first kappa shape index (κ1) is 22.7. The number of hydrogen-bond acceptors (Lipinski definition) is 5. The Hall–Kier alpha value is -3.13. The molecule has 2 aliphatic heterocycles. The van der Waals surface area contributed by atoms with Crippen molar-refractivity contribution in [1.29, 1.82) is 0 Å². The predicted octanol–water partition coefficient (Wildman–Crippen LogP) is 1.77. The fourth-order valence-corrected chi connectivity index (χ4v) is 4.96. The summed E-state index contributed by atoms with van der Waals surface area (Å²) in [5.74, 6) is -1.97. The number of nitrogens with one attached hydrogen (secondary N) is 1. The van der Waals surface area contributed by atoms with Gasteiger partial charge in [-0.05, 0) is 35.6 Å². The monoisotopic (exact) mass is 480 g/mol. The summed E-state index contributed by atoms with van der Waals surface area (Å²) in [7, 11) is 0. The smallest absolute Gasteiger partial charge is 0.239 e. The van der Waals surface area contributed by atoms with E-state index in [1.54, 1.807) is 36.4 Å². The number of fused-ring (bicyclic) bond motifs is 1. The van der Waals surface area contributed by atoms with E-state index in [1.807, 2.05) is 18.2 Å². The number of nitrogens with zero attached hydrogens (tertiary/aromatic N) is 1. The van der Waals surface area contributed by atoms with Crippen LogP contribution in [0.5, 0.6) is 0 Å². The van der Waals surface area contributed by atoms with Crippen molar-refractivity contribution in [3.05, 3.63) is 82.3 Å². The minimum Gasteiger partial charge on any atom is -0.868 e. The van der Waals surface area contributed by atoms with Crippen LogP contribution in [0.2, 0.25) is 5.02 Å². The third-order valence-corrected chi connectivity index (χ3v) is 6.71. The Morgan fingerprint density at radius 3 is 2.68 bits per heavy atom. The zero-order chi connectivity index (χ0) is 23.7. The second-order valence-corrected chi connectivity index (χ2v) is 9.08. The molecule has 0 saturated carbocycles. The molecular weight excluding hydrogens is 456 g/mol. The maximum Gasteiger partial charge on any atom is 0.239 e. The maximum atomic E-state index is 13.5. The average molecular weight is 481 g/mol. The van der Waals surface area contributed by atoms with Gasteiger partial charge in [-0.15, -0.1) is 0 Å². The van der Waals surface area contributed by atoms with E-state index in [4.69, 9.17) is 20.8 Å². The number of ether oxygens (including phenoxy) is 1. The van der Waals surface area contributed by atoms with Gasteiger partial charge in [0.15, 0.2) is 5.76 Å². The van der Waals surface area contributed by atoms with Gasteiger partial charge in [0.25, 0.3) is 0 Å². The van der Waals surface area contributed by atoms with Crippen LogP contribution in [0.25, 0.3) is 11.0 Å². The van der Waals surface area contributed by atoms with Crippen LogP contribution < -0.4 is 10.0 Å². The quantitative estimate of drug-likeness (QED) is 0.521. The first-order valence-corrected chi connectivity index (χ1v) is 11.8. The van der Waals surface area contributed by atoms with Crippen molar-refractivity contribution in [1.82, 2.24) is 4.90 Å². The molecule has 0 radical (unpaired) electrons. The summed E-state index contributed by atoms with van der Waals surface area (Å²) in [5.41, 5.74) is 1.09. The highest BCUT2D eigenvalue weighted by atomic mass is 35.5. The molecule has 1 amide bonds. The number of Topliss-reactive ketones (excluding diaryl/α,β-unsaturated/α-hetero) is 1. The molecule has 3 aromatic rings. The molecule has 0 aliphatic carbocycles. The topological polar surface area (TPSA) is 87.2 Å². The van der Waals surface area contributed by atoms with Crippen molar-refractivity contribution in [3.8, 4) is 0 Å². The number of hydrogen-bond donors (Lipinski definition) is 1. The summed E-state index contributed by atoms with van der Waals surface area (Å²) < 4.78 is 11.1. The molecule has 1 unspecified atom stereocenters. The molecule has 0 bridgehead atoms. The molecule has 34 heavy (non-hydrogen) atoms. The third-order valence-electron chi connectivity index (χ3n) is 6.47. The van der Waals surface area contributed by atoms with Gasteiger partial charge in [0, 0.05) is 28.9 Å². The molecule has 2 aliphatic rings. The van der Waals surface area contributed by atoms with Gasteiger partial charge < -0.3 is 24.1 Å². The van der Waals surface area contributed by atoms with E-state index in [0.29, 0.717) is 29.1 Å². The van der Waals surface area contributed by atoms with Gasteiger partial charge in [-0.3, -0.25) is 9.59 Å². The van der Waals surface area contributed by atoms with Crippen molar-refractivity contribution in [2.75, 3.05) is 39.4 Å². The van der Waals surface area contributed by atoms with Crippen LogP contribution in [0.15, 0.2) is 70.3 Å². The van der Waals surface area contributed by atoms with E-state index in [-0.39, 0.29) is 11.3 Å². The number of halogens is 1. The van der Waals surface area contributed by atoms with E-state index < -0.39 is 23.5 Å². The number of carbonyl (C=O) groups excluding carboxylic acids is 2. The molecule has 5 rings (SSSR count). The lowest BCUT2D eigenvalue weighted by atomic mass is 9.95. The number of morpholine rings is 1. The van der Waals surface area contributed by atoms with Gasteiger partial charge in [0.1, 0.15) is 18.7 Å². The van der Waals surface area contributed by atoms with Crippen LogP contribution in [-0.4, -0.2) is 56.0 Å². The van der Waals surface area contributed by atoms with Crippen LogP contribution >= 0.6 is 11.6 Å². The summed E-state index contributed by atoms with van der Waals surface area (Å²) in [5, 5.41) is 14.4. The summed E-state index contributed by atoms with van der Waals surface area (Å²) in [6.07, 6.45) is 0.706. The Bertz CT molecular complexity index is 1230. The number of benzene rings is 2. The van der Waals surface area contributed by atoms with E-state index >= 15 is 0 Å². The lowest BCUT2D eigenvalue weighted by Gasteiger charge is -2.29. The van der Waals surface area contributed by atoms with Crippen LogP contribution in [0.1, 0.15) is 28.6 Å². The molecule has 1 saturated heterocycles. The minimum atomic E-state index is -0.806. The standard InChI is InChI=1S/C26H25ClN2O5/c27-19-7-3-6-18(15-19)23-22(24(30)21-16-17-5-1-2-8-20(17)34-21)25(31)26(32)29(23)10-4-9-28-11-13-33-14-12-28/h1-3,5-8,15-16,23,31H,4,9-14H2. The highest BCUT2D eigenvalue weighted by Crippen LogP contribution is 2.39. The molecule has 176 valence electrons. The van der Waals surface area contributed by atoms with Crippen molar-refractivity contribution in [2.45, 2.75) is 12.5 Å². The molecule has 3 heterocycles. The van der Waals surface area contributed by atoms with Gasteiger partial charge in [-0.25, -0.2) is 0 Å². The van der Waals surface area contributed by atoms with Crippen LogP contribution in [-0.2, 0) is 9.53 Å². The number of rotatable bonds is 7. The van der Waals surface area contributed by atoms with Gasteiger partial charge >= 0.3 is 0 Å². The Labute approximate surface area is 202 Å². The summed E-state index contributed by atoms with van der Waals surface area (Å²) in [4.78, 5) is 29.5. The molecule has 1 atom stereocenters. The maximum absolute atomic E-state index is 13.5. The fraction of sp³-hybridized carbons (Fsp3) is 0.308. The first-order valence-electron chi connectivity index (χ1n) is 11.4. The minimum absolute atomic E-state index is 0.0454. The second kappa shape index (κ2) is 9.62. The molecular formula is C26H25ClN2O5. The van der Waals surface area contributed by atoms with E-state index in [9.17, 15) is 14.7 Å². The summed E-state index contributed by atoms with van der Waals surface area (Å²) in [6, 6.07) is 15.0. The molecule has 1 aromatic heterocycles. The van der Waals surface area contributed by atoms with E-state index in [0.717, 1.165) is 38.2 Å². The van der Waals surface area contributed by atoms with Crippen molar-refractivity contribution >= 4 is 34.3 Å². The number of ketones is 1. The SMILES string of the molecule is O=C(C1=C([O-])C(=O)N(CCC[NH+]2CCOCC2)C1c1cccc(Cl)c1)c1cc2ccccc2o1. The van der Waals surface area contributed by atoms with Gasteiger partial charge in [0.05, 0.1) is 25.8 Å². The lowest BCUT2D eigenvalue weighted by Crippen LogP contribution is -3.14. The van der Waals surface area contributed by atoms with Gasteiger partial charge in [0.2, 0.25) is 11.7 Å². The molecule has 1 N–H and O–H groups in total. The summed E-state index contributed by atoms with van der Waals surface area (Å²) in [6.45, 7) is 4.52. The zero-order valence-electron chi connectivity index (χ0n) is 18.6. The Morgan fingerprint density at radius 1 is 1.12 bits per heavy atom. The number of furan rings is 1. The molecule has 2 aromatic carbocycles.